The number of anilines is 2. The van der Waals surface area contributed by atoms with Crippen molar-refractivity contribution in [3.8, 4) is 0 Å². The number of nitrogens with two attached hydrogens (primary N) is 1. The fourth-order valence-corrected chi connectivity index (χ4v) is 1.43. The summed E-state index contributed by atoms with van der Waals surface area (Å²) in [5.41, 5.74) is 3.19. The molecule has 0 aliphatic rings. The summed E-state index contributed by atoms with van der Waals surface area (Å²) in [6.45, 7) is 4.79. The van der Waals surface area contributed by atoms with Crippen molar-refractivity contribution in [2.24, 2.45) is 5.84 Å². The molecule has 100 valence electrons. The van der Waals surface area contributed by atoms with E-state index in [4.69, 9.17) is 5.84 Å². The number of rotatable bonds is 6. The van der Waals surface area contributed by atoms with E-state index in [2.05, 4.69) is 20.7 Å². The molecule has 0 unspecified atom stereocenters. The maximum atomic E-state index is 11.6. The largest absolute Gasteiger partial charge is 0.355 e. The number of carbonyl (C=O) groups excluding carboxylic acids is 1. The second-order valence-electron chi connectivity index (χ2n) is 4.04. The fraction of sp³-hybridized carbons (Fsp3) is 0.545. The van der Waals surface area contributed by atoms with Gasteiger partial charge in [-0.2, -0.15) is 4.98 Å². The van der Waals surface area contributed by atoms with Crippen molar-refractivity contribution in [1.29, 1.82) is 0 Å². The lowest BCUT2D eigenvalue weighted by molar-refractivity contribution is -0.119. The highest BCUT2D eigenvalue weighted by Crippen LogP contribution is 2.12. The van der Waals surface area contributed by atoms with Crippen molar-refractivity contribution < 1.29 is 4.79 Å². The maximum Gasteiger partial charge on any atom is 0.239 e. The van der Waals surface area contributed by atoms with E-state index in [0.29, 0.717) is 18.3 Å². The predicted molar refractivity (Wildman–Crippen MR) is 71.1 cm³/mol. The Bertz CT molecular complexity index is 409. The highest BCUT2D eigenvalue weighted by Gasteiger charge is 2.10. The number of nitrogen functional groups attached to an aromatic ring is 1. The Labute approximate surface area is 107 Å². The molecule has 0 atom stereocenters. The fourth-order valence-electron chi connectivity index (χ4n) is 1.43. The minimum atomic E-state index is -0.0297. The van der Waals surface area contributed by atoms with Gasteiger partial charge in [0.25, 0.3) is 0 Å². The molecule has 4 N–H and O–H groups in total. The molecule has 0 saturated heterocycles. The van der Waals surface area contributed by atoms with Crippen LogP contribution in [0.15, 0.2) is 6.07 Å². The van der Waals surface area contributed by atoms with Gasteiger partial charge in [0, 0.05) is 25.4 Å². The molecule has 0 aromatic carbocycles. The lowest BCUT2D eigenvalue weighted by atomic mass is 10.4. The van der Waals surface area contributed by atoms with Gasteiger partial charge in [-0.15, -0.1) is 0 Å². The Morgan fingerprint density at radius 2 is 2.22 bits per heavy atom. The first-order valence-electron chi connectivity index (χ1n) is 5.87. The molecule has 18 heavy (non-hydrogen) atoms. The molecule has 0 aliphatic heterocycles. The number of aromatic nitrogens is 2. The second kappa shape index (κ2) is 6.75. The number of amides is 1. The molecule has 0 bridgehead atoms. The van der Waals surface area contributed by atoms with E-state index in [1.165, 1.54) is 0 Å². The van der Waals surface area contributed by atoms with Gasteiger partial charge in [-0.05, 0) is 13.3 Å². The molecule has 7 heteroatoms. The van der Waals surface area contributed by atoms with Gasteiger partial charge in [-0.25, -0.2) is 10.8 Å². The van der Waals surface area contributed by atoms with Crippen LogP contribution in [-0.4, -0.2) is 36.0 Å². The summed E-state index contributed by atoms with van der Waals surface area (Å²) in [6.07, 6.45) is 0.920. The molecule has 7 nitrogen and oxygen atoms in total. The second-order valence-corrected chi connectivity index (χ2v) is 4.04. The zero-order valence-electron chi connectivity index (χ0n) is 11.0. The highest BCUT2D eigenvalue weighted by molar-refractivity contribution is 5.80. The number of aryl methyl sites for hydroxylation is 1. The topological polar surface area (TPSA) is 96.2 Å². The van der Waals surface area contributed by atoms with E-state index < -0.39 is 0 Å². The number of hydrazine groups is 1. The molecule has 1 aromatic heterocycles. The van der Waals surface area contributed by atoms with Crippen LogP contribution in [0.2, 0.25) is 0 Å². The normalized spacial score (nSPS) is 10.0. The summed E-state index contributed by atoms with van der Waals surface area (Å²) in [7, 11) is 1.80. The molecule has 1 aromatic rings. The van der Waals surface area contributed by atoms with Gasteiger partial charge in [-0.1, -0.05) is 6.92 Å². The van der Waals surface area contributed by atoms with Crippen LogP contribution in [0.4, 0.5) is 11.8 Å². The Hall–Kier alpha value is -1.89. The Morgan fingerprint density at radius 1 is 1.50 bits per heavy atom. The van der Waals surface area contributed by atoms with Gasteiger partial charge < -0.3 is 10.2 Å². The number of hydrogen-bond donors (Lipinski definition) is 3. The van der Waals surface area contributed by atoms with Crippen molar-refractivity contribution in [1.82, 2.24) is 15.3 Å². The summed E-state index contributed by atoms with van der Waals surface area (Å²) in [5.74, 6) is 6.25. The zero-order chi connectivity index (χ0) is 13.5. The number of carbonyl (C=O) groups is 1. The summed E-state index contributed by atoms with van der Waals surface area (Å²) in [6, 6.07) is 1.80. The van der Waals surface area contributed by atoms with E-state index in [1.807, 2.05) is 13.8 Å². The Balaban J connectivity index is 2.68. The van der Waals surface area contributed by atoms with Crippen LogP contribution < -0.4 is 21.5 Å². The van der Waals surface area contributed by atoms with Crippen molar-refractivity contribution >= 4 is 17.7 Å². The number of hydrogen-bond acceptors (Lipinski definition) is 6. The predicted octanol–water partition coefficient (Wildman–Crippen LogP) is 0.0330. The van der Waals surface area contributed by atoms with Crippen molar-refractivity contribution in [2.45, 2.75) is 20.3 Å². The van der Waals surface area contributed by atoms with Gasteiger partial charge in [0.2, 0.25) is 11.9 Å². The van der Waals surface area contributed by atoms with Crippen LogP contribution in [0.1, 0.15) is 19.0 Å². The molecule has 0 radical (unpaired) electrons. The van der Waals surface area contributed by atoms with Crippen LogP contribution in [0.3, 0.4) is 0 Å². The molecular formula is C11H20N6O. The summed E-state index contributed by atoms with van der Waals surface area (Å²) in [5, 5.41) is 2.81. The summed E-state index contributed by atoms with van der Waals surface area (Å²) >= 11 is 0. The third kappa shape index (κ3) is 4.17. The summed E-state index contributed by atoms with van der Waals surface area (Å²) < 4.78 is 0. The smallest absolute Gasteiger partial charge is 0.239 e. The molecule has 1 amide bonds. The van der Waals surface area contributed by atoms with E-state index in [-0.39, 0.29) is 12.5 Å². The average molecular weight is 252 g/mol. The Morgan fingerprint density at radius 3 is 2.83 bits per heavy atom. The first-order valence-corrected chi connectivity index (χ1v) is 5.87. The molecular weight excluding hydrogens is 232 g/mol. The van der Waals surface area contributed by atoms with Crippen molar-refractivity contribution in [3.63, 3.8) is 0 Å². The van der Waals surface area contributed by atoms with Crippen LogP contribution in [-0.2, 0) is 4.79 Å². The van der Waals surface area contributed by atoms with Gasteiger partial charge in [0.05, 0.1) is 6.54 Å². The lowest BCUT2D eigenvalue weighted by Crippen LogP contribution is -2.36. The zero-order valence-corrected chi connectivity index (χ0v) is 11.0. The summed E-state index contributed by atoms with van der Waals surface area (Å²) in [4.78, 5) is 21.6. The molecule has 0 spiro atoms. The van der Waals surface area contributed by atoms with Gasteiger partial charge >= 0.3 is 0 Å². The molecule has 0 saturated carbocycles. The van der Waals surface area contributed by atoms with Crippen molar-refractivity contribution in [2.75, 3.05) is 30.5 Å². The first kappa shape index (κ1) is 14.2. The third-order valence-electron chi connectivity index (χ3n) is 2.31. The number of nitrogens with one attached hydrogen (secondary N) is 2. The van der Waals surface area contributed by atoms with Crippen LogP contribution in [0, 0.1) is 6.92 Å². The van der Waals surface area contributed by atoms with E-state index in [9.17, 15) is 4.79 Å². The van der Waals surface area contributed by atoms with E-state index in [1.54, 1.807) is 18.0 Å². The monoisotopic (exact) mass is 252 g/mol. The maximum absolute atomic E-state index is 11.6. The standard InChI is InChI=1S/C11H20N6O/c1-4-5-13-10(18)7-17(3)9-6-8(2)14-11(15-9)16-12/h6H,4-5,7,12H2,1-3H3,(H,13,18)(H,14,15,16). The highest BCUT2D eigenvalue weighted by atomic mass is 16.2. The average Bonchev–Trinajstić information content (AvgIpc) is 2.35. The minimum absolute atomic E-state index is 0.0297. The van der Waals surface area contributed by atoms with Gasteiger partial charge in [0.1, 0.15) is 5.82 Å². The first-order chi connectivity index (χ1) is 8.56. The van der Waals surface area contributed by atoms with Crippen LogP contribution in [0.25, 0.3) is 0 Å². The lowest BCUT2D eigenvalue weighted by Gasteiger charge is -2.18. The Kier molecular flexibility index (Phi) is 5.31. The van der Waals surface area contributed by atoms with Crippen molar-refractivity contribution in [3.05, 3.63) is 11.8 Å². The van der Waals surface area contributed by atoms with E-state index >= 15 is 0 Å². The molecule has 1 heterocycles. The van der Waals surface area contributed by atoms with Crippen LogP contribution in [0.5, 0.6) is 0 Å². The van der Waals surface area contributed by atoms with E-state index in [0.717, 1.165) is 12.1 Å². The van der Waals surface area contributed by atoms with Crippen LogP contribution >= 0.6 is 0 Å². The third-order valence-corrected chi connectivity index (χ3v) is 2.31. The molecule has 0 aliphatic carbocycles. The number of likely N-dealkylation sites (N-methyl/N-ethyl adjacent to an activating group) is 1. The van der Waals surface area contributed by atoms with Gasteiger partial charge in [-0.3, -0.25) is 10.2 Å². The number of nitrogens with zero attached hydrogens (tertiary/aromatic N) is 3. The minimum Gasteiger partial charge on any atom is -0.355 e. The quantitative estimate of drug-likeness (QED) is 0.488. The SMILES string of the molecule is CCCNC(=O)CN(C)c1cc(C)nc(NN)n1. The molecule has 1 rings (SSSR count). The molecule has 0 fully saturated rings. The van der Waals surface area contributed by atoms with Gasteiger partial charge in [0.15, 0.2) is 0 Å².